The van der Waals surface area contributed by atoms with Gasteiger partial charge in [-0.05, 0) is 49.2 Å². The highest BCUT2D eigenvalue weighted by molar-refractivity contribution is 6.21. The van der Waals surface area contributed by atoms with Gasteiger partial charge in [-0.25, -0.2) is 4.39 Å². The molecule has 2 aromatic rings. The summed E-state index contributed by atoms with van der Waals surface area (Å²) in [6.45, 7) is 3.55. The van der Waals surface area contributed by atoms with Crippen molar-refractivity contribution in [3.05, 3.63) is 82.2 Å². The van der Waals surface area contributed by atoms with E-state index < -0.39 is 17.6 Å². The molecule has 3 nitrogen and oxygen atoms in total. The molecule has 0 aliphatic rings. The number of rotatable bonds is 6. The summed E-state index contributed by atoms with van der Waals surface area (Å²) in [5.74, 6) is -0.834. The first-order valence-electron chi connectivity index (χ1n) is 8.52. The molecule has 2 aromatic carbocycles. The third kappa shape index (κ3) is 5.77. The average Bonchev–Trinajstić information content (AvgIpc) is 2.60. The van der Waals surface area contributed by atoms with Gasteiger partial charge in [0.25, 0.3) is 5.91 Å². The zero-order valence-electron chi connectivity index (χ0n) is 15.5. The minimum atomic E-state index is -4.42. The fourth-order valence-electron chi connectivity index (χ4n) is 2.64. The standard InChI is InChI=1S/C21H20F4N2O/c1-13(2)19(20(28)27-12-15-5-9-17(22)10-6-15)18(26)11-14-3-7-16(8-4-14)21(23,24)25/h3-10,26H,11-12H2,1-2H3,(H,27,28). The van der Waals surface area contributed by atoms with Crippen LogP contribution in [0.4, 0.5) is 17.6 Å². The Labute approximate surface area is 160 Å². The van der Waals surface area contributed by atoms with E-state index >= 15 is 0 Å². The fourth-order valence-corrected chi connectivity index (χ4v) is 2.64. The van der Waals surface area contributed by atoms with E-state index in [-0.39, 0.29) is 30.1 Å². The van der Waals surface area contributed by atoms with Crippen LogP contribution in [-0.2, 0) is 23.9 Å². The zero-order chi connectivity index (χ0) is 20.9. The van der Waals surface area contributed by atoms with Crippen molar-refractivity contribution in [1.29, 1.82) is 5.41 Å². The van der Waals surface area contributed by atoms with Crippen molar-refractivity contribution in [3.63, 3.8) is 0 Å². The molecular formula is C21H20F4N2O. The summed E-state index contributed by atoms with van der Waals surface area (Å²) >= 11 is 0. The van der Waals surface area contributed by atoms with Gasteiger partial charge in [-0.2, -0.15) is 13.2 Å². The molecule has 0 atom stereocenters. The first-order chi connectivity index (χ1) is 13.1. The Morgan fingerprint density at radius 1 is 0.964 bits per heavy atom. The van der Waals surface area contributed by atoms with Gasteiger partial charge in [-0.3, -0.25) is 4.79 Å². The van der Waals surface area contributed by atoms with Crippen LogP contribution in [0.2, 0.25) is 0 Å². The largest absolute Gasteiger partial charge is 0.416 e. The molecule has 0 fully saturated rings. The lowest BCUT2D eigenvalue weighted by molar-refractivity contribution is -0.137. The normalized spacial score (nSPS) is 11.1. The van der Waals surface area contributed by atoms with E-state index in [0.29, 0.717) is 16.7 Å². The van der Waals surface area contributed by atoms with Crippen molar-refractivity contribution >= 4 is 11.6 Å². The fraction of sp³-hybridized carbons (Fsp3) is 0.238. The van der Waals surface area contributed by atoms with Crippen LogP contribution in [0.1, 0.15) is 30.5 Å². The maximum Gasteiger partial charge on any atom is 0.416 e. The number of alkyl halides is 3. The van der Waals surface area contributed by atoms with Crippen LogP contribution >= 0.6 is 0 Å². The lowest BCUT2D eigenvalue weighted by atomic mass is 9.97. The highest BCUT2D eigenvalue weighted by atomic mass is 19.4. The summed E-state index contributed by atoms with van der Waals surface area (Å²) in [5.41, 5.74) is 1.26. The molecule has 0 aliphatic carbocycles. The van der Waals surface area contributed by atoms with Crippen molar-refractivity contribution < 1.29 is 22.4 Å². The van der Waals surface area contributed by atoms with Crippen LogP contribution in [0.15, 0.2) is 59.7 Å². The molecule has 2 N–H and O–H groups in total. The number of halogens is 4. The number of hydrogen-bond acceptors (Lipinski definition) is 2. The van der Waals surface area contributed by atoms with Gasteiger partial charge in [0, 0.05) is 18.7 Å². The molecule has 0 spiro atoms. The van der Waals surface area contributed by atoms with Crippen LogP contribution in [-0.4, -0.2) is 11.6 Å². The molecule has 0 unspecified atom stereocenters. The third-order valence-corrected chi connectivity index (χ3v) is 4.06. The van der Waals surface area contributed by atoms with Crippen LogP contribution in [0.3, 0.4) is 0 Å². The van der Waals surface area contributed by atoms with Gasteiger partial charge in [-0.1, -0.05) is 29.8 Å². The molecule has 28 heavy (non-hydrogen) atoms. The van der Waals surface area contributed by atoms with Crippen LogP contribution in [0, 0.1) is 11.2 Å². The number of hydrogen-bond donors (Lipinski definition) is 2. The molecule has 0 saturated carbocycles. The molecule has 0 bridgehead atoms. The van der Waals surface area contributed by atoms with Gasteiger partial charge >= 0.3 is 6.18 Å². The maximum absolute atomic E-state index is 12.9. The van der Waals surface area contributed by atoms with E-state index in [2.05, 4.69) is 5.32 Å². The molecule has 7 heteroatoms. The average molecular weight is 392 g/mol. The summed E-state index contributed by atoms with van der Waals surface area (Å²) in [7, 11) is 0. The van der Waals surface area contributed by atoms with Gasteiger partial charge in [0.05, 0.1) is 11.1 Å². The first-order valence-corrected chi connectivity index (χ1v) is 8.52. The molecule has 0 heterocycles. The van der Waals surface area contributed by atoms with Gasteiger partial charge in [0.1, 0.15) is 5.82 Å². The summed E-state index contributed by atoms with van der Waals surface area (Å²) in [6.07, 6.45) is -4.39. The lowest BCUT2D eigenvalue weighted by Crippen LogP contribution is -2.29. The lowest BCUT2D eigenvalue weighted by Gasteiger charge is -2.13. The van der Waals surface area contributed by atoms with Crippen LogP contribution in [0.25, 0.3) is 0 Å². The summed E-state index contributed by atoms with van der Waals surface area (Å²) < 4.78 is 50.9. The predicted molar refractivity (Wildman–Crippen MR) is 99.5 cm³/mol. The smallest absolute Gasteiger partial charge is 0.348 e. The number of benzene rings is 2. The molecule has 0 aromatic heterocycles. The number of carbonyl (C=O) groups excluding carboxylic acids is 1. The van der Waals surface area contributed by atoms with Crippen LogP contribution < -0.4 is 5.32 Å². The Kier molecular flexibility index (Phi) is 6.72. The van der Waals surface area contributed by atoms with Gasteiger partial charge in [0.15, 0.2) is 0 Å². The quantitative estimate of drug-likeness (QED) is 0.403. The summed E-state index contributed by atoms with van der Waals surface area (Å²) in [4.78, 5) is 12.5. The Morgan fingerprint density at radius 2 is 1.50 bits per heavy atom. The van der Waals surface area contributed by atoms with E-state index in [0.717, 1.165) is 12.1 Å². The first kappa shape index (κ1) is 21.3. The highest BCUT2D eigenvalue weighted by Crippen LogP contribution is 2.29. The molecule has 0 aliphatic heterocycles. The monoisotopic (exact) mass is 392 g/mol. The minimum Gasteiger partial charge on any atom is -0.348 e. The van der Waals surface area contributed by atoms with Crippen molar-refractivity contribution in [2.75, 3.05) is 0 Å². The number of amides is 1. The molecule has 2 rings (SSSR count). The maximum atomic E-state index is 12.9. The Morgan fingerprint density at radius 3 is 2.00 bits per heavy atom. The Balaban J connectivity index is 2.06. The van der Waals surface area contributed by atoms with E-state index in [1.165, 1.54) is 24.3 Å². The molecule has 1 amide bonds. The zero-order valence-corrected chi connectivity index (χ0v) is 15.5. The van der Waals surface area contributed by atoms with E-state index in [1.54, 1.807) is 26.0 Å². The second kappa shape index (κ2) is 8.82. The molecule has 0 saturated heterocycles. The van der Waals surface area contributed by atoms with Gasteiger partial charge < -0.3 is 10.7 Å². The van der Waals surface area contributed by atoms with E-state index in [4.69, 9.17) is 5.41 Å². The number of allylic oxidation sites excluding steroid dienone is 1. The Bertz CT molecular complexity index is 878. The second-order valence-corrected chi connectivity index (χ2v) is 6.53. The molecular weight excluding hydrogens is 372 g/mol. The molecule has 0 radical (unpaired) electrons. The van der Waals surface area contributed by atoms with Crippen molar-refractivity contribution in [2.24, 2.45) is 0 Å². The SMILES string of the molecule is CC(C)=C(C(=N)Cc1ccc(C(F)(F)F)cc1)C(=O)NCc1ccc(F)cc1. The van der Waals surface area contributed by atoms with E-state index in [9.17, 15) is 22.4 Å². The third-order valence-electron chi connectivity index (χ3n) is 4.06. The minimum absolute atomic E-state index is 0.0105. The highest BCUT2D eigenvalue weighted by Gasteiger charge is 2.30. The van der Waals surface area contributed by atoms with Crippen molar-refractivity contribution in [2.45, 2.75) is 33.0 Å². The van der Waals surface area contributed by atoms with Crippen LogP contribution in [0.5, 0.6) is 0 Å². The van der Waals surface area contributed by atoms with Gasteiger partial charge in [0.2, 0.25) is 0 Å². The number of carbonyl (C=O) groups is 1. The van der Waals surface area contributed by atoms with Crippen molar-refractivity contribution in [1.82, 2.24) is 5.32 Å². The second-order valence-electron chi connectivity index (χ2n) is 6.53. The van der Waals surface area contributed by atoms with E-state index in [1.807, 2.05) is 0 Å². The van der Waals surface area contributed by atoms with Gasteiger partial charge in [-0.15, -0.1) is 0 Å². The molecule has 148 valence electrons. The Hall–Kier alpha value is -2.96. The predicted octanol–water partition coefficient (Wildman–Crippen LogP) is 5.06. The summed E-state index contributed by atoms with van der Waals surface area (Å²) in [5, 5.41) is 10.9. The summed E-state index contributed by atoms with van der Waals surface area (Å²) in [6, 6.07) is 10.2. The van der Waals surface area contributed by atoms with Crippen molar-refractivity contribution in [3.8, 4) is 0 Å². The topological polar surface area (TPSA) is 53.0 Å². The number of nitrogens with one attached hydrogen (secondary N) is 2.